The van der Waals surface area contributed by atoms with Crippen molar-refractivity contribution in [3.05, 3.63) is 29.6 Å². The highest BCUT2D eigenvalue weighted by Crippen LogP contribution is 2.13. The van der Waals surface area contributed by atoms with Gasteiger partial charge in [0.15, 0.2) is 0 Å². The summed E-state index contributed by atoms with van der Waals surface area (Å²) in [6.45, 7) is 3.34. The lowest BCUT2D eigenvalue weighted by Crippen LogP contribution is -2.46. The van der Waals surface area contributed by atoms with Crippen molar-refractivity contribution in [1.29, 1.82) is 5.26 Å². The normalized spacial score (nSPS) is 11.6. The average Bonchev–Trinajstić information content (AvgIpc) is 2.45. The maximum Gasteiger partial charge on any atom is 0.243 e. The first-order valence-electron chi connectivity index (χ1n) is 6.38. The zero-order valence-corrected chi connectivity index (χ0v) is 11.8. The second-order valence-corrected chi connectivity index (χ2v) is 4.84. The second-order valence-electron chi connectivity index (χ2n) is 4.84. The Labute approximate surface area is 122 Å². The number of hydrogen-bond acceptors (Lipinski definition) is 4. The van der Waals surface area contributed by atoms with Crippen LogP contribution in [0.15, 0.2) is 18.2 Å². The number of nitrogens with two attached hydrogens (primary N) is 1. The molecule has 6 nitrogen and oxygen atoms in total. The number of carbonyl (C=O) groups is 2. The van der Waals surface area contributed by atoms with Gasteiger partial charge in [-0.15, -0.1) is 0 Å². The number of nitrogens with one attached hydrogen (secondary N) is 2. The zero-order chi connectivity index (χ0) is 16.0. The number of benzene rings is 1. The van der Waals surface area contributed by atoms with Crippen LogP contribution in [0.5, 0.6) is 0 Å². The largest absolute Gasteiger partial charge is 0.346 e. The first-order chi connectivity index (χ1) is 9.85. The smallest absolute Gasteiger partial charge is 0.243 e. The number of anilines is 1. The quantitative estimate of drug-likeness (QED) is 0.743. The molecule has 1 atom stereocenters. The molecule has 112 valence electrons. The Hall–Kier alpha value is -2.46. The molecule has 0 bridgehead atoms. The Morgan fingerprint density at radius 1 is 1.43 bits per heavy atom. The van der Waals surface area contributed by atoms with Crippen LogP contribution in [0.25, 0.3) is 0 Å². The van der Waals surface area contributed by atoms with Crippen LogP contribution < -0.4 is 16.4 Å². The van der Waals surface area contributed by atoms with Gasteiger partial charge in [-0.25, -0.2) is 4.39 Å². The van der Waals surface area contributed by atoms with Gasteiger partial charge in [-0.05, 0) is 24.1 Å². The molecule has 1 aromatic carbocycles. The standard InChI is InChI=1S/C14H17FN4O2/c1-8(2)13(17)14(21)18-7-12(20)19-10-3-4-11(15)9(5-10)6-16/h3-5,8,13H,7,17H2,1-2H3,(H,18,21)(H,19,20)/t13-/m0/s1. The molecule has 7 heteroatoms. The third-order valence-corrected chi connectivity index (χ3v) is 2.81. The first kappa shape index (κ1) is 16.6. The van der Waals surface area contributed by atoms with Crippen molar-refractivity contribution in [2.45, 2.75) is 19.9 Å². The molecule has 0 fully saturated rings. The lowest BCUT2D eigenvalue weighted by atomic mass is 10.1. The fourth-order valence-corrected chi connectivity index (χ4v) is 1.48. The van der Waals surface area contributed by atoms with Crippen molar-refractivity contribution in [1.82, 2.24) is 5.32 Å². The summed E-state index contributed by atoms with van der Waals surface area (Å²) in [5.41, 5.74) is 5.74. The van der Waals surface area contributed by atoms with E-state index >= 15 is 0 Å². The Balaban J connectivity index is 2.55. The maximum atomic E-state index is 13.1. The Morgan fingerprint density at radius 3 is 2.67 bits per heavy atom. The molecule has 2 amide bonds. The summed E-state index contributed by atoms with van der Waals surface area (Å²) in [6.07, 6.45) is 0. The molecule has 1 aromatic rings. The predicted octanol–water partition coefficient (Wildman–Crippen LogP) is 0.735. The van der Waals surface area contributed by atoms with E-state index in [0.29, 0.717) is 0 Å². The highest BCUT2D eigenvalue weighted by Gasteiger charge is 2.17. The van der Waals surface area contributed by atoms with Crippen molar-refractivity contribution in [3.8, 4) is 6.07 Å². The van der Waals surface area contributed by atoms with Crippen LogP contribution >= 0.6 is 0 Å². The number of hydrogen-bond donors (Lipinski definition) is 3. The van der Waals surface area contributed by atoms with Crippen LogP contribution in [-0.4, -0.2) is 24.4 Å². The fourth-order valence-electron chi connectivity index (χ4n) is 1.48. The van der Waals surface area contributed by atoms with Gasteiger partial charge in [-0.1, -0.05) is 13.8 Å². The van der Waals surface area contributed by atoms with Gasteiger partial charge in [0.2, 0.25) is 11.8 Å². The van der Waals surface area contributed by atoms with E-state index < -0.39 is 23.7 Å². The first-order valence-corrected chi connectivity index (χ1v) is 6.38. The molecule has 1 rings (SSSR count). The molecule has 21 heavy (non-hydrogen) atoms. The van der Waals surface area contributed by atoms with Crippen LogP contribution in [0.1, 0.15) is 19.4 Å². The Morgan fingerprint density at radius 2 is 2.10 bits per heavy atom. The van der Waals surface area contributed by atoms with Gasteiger partial charge in [0, 0.05) is 5.69 Å². The van der Waals surface area contributed by atoms with Crippen LogP contribution in [0.4, 0.5) is 10.1 Å². The van der Waals surface area contributed by atoms with Crippen molar-refractivity contribution in [2.24, 2.45) is 11.7 Å². The lowest BCUT2D eigenvalue weighted by Gasteiger charge is -2.15. The van der Waals surface area contributed by atoms with E-state index in [9.17, 15) is 14.0 Å². The van der Waals surface area contributed by atoms with E-state index in [0.717, 1.165) is 6.07 Å². The number of carbonyl (C=O) groups excluding carboxylic acids is 2. The van der Waals surface area contributed by atoms with Crippen molar-refractivity contribution in [3.63, 3.8) is 0 Å². The average molecular weight is 292 g/mol. The Bertz CT molecular complexity index is 581. The van der Waals surface area contributed by atoms with E-state index in [1.807, 2.05) is 0 Å². The maximum absolute atomic E-state index is 13.1. The van der Waals surface area contributed by atoms with Crippen LogP contribution in [-0.2, 0) is 9.59 Å². The predicted molar refractivity (Wildman–Crippen MR) is 75.6 cm³/mol. The highest BCUT2D eigenvalue weighted by molar-refractivity contribution is 5.95. The minimum absolute atomic E-state index is 0.0386. The lowest BCUT2D eigenvalue weighted by molar-refractivity contribution is -0.125. The number of amides is 2. The van der Waals surface area contributed by atoms with Crippen LogP contribution in [0.2, 0.25) is 0 Å². The van der Waals surface area contributed by atoms with Crippen LogP contribution in [0.3, 0.4) is 0 Å². The monoisotopic (exact) mass is 292 g/mol. The highest BCUT2D eigenvalue weighted by atomic mass is 19.1. The molecule has 0 heterocycles. The number of rotatable bonds is 5. The number of nitriles is 1. The molecular formula is C14H17FN4O2. The topological polar surface area (TPSA) is 108 Å². The third kappa shape index (κ3) is 4.85. The van der Waals surface area contributed by atoms with Gasteiger partial charge in [0.1, 0.15) is 11.9 Å². The summed E-state index contributed by atoms with van der Waals surface area (Å²) in [6, 6.07) is 4.62. The number of nitrogens with zero attached hydrogens (tertiary/aromatic N) is 1. The molecule has 0 aliphatic heterocycles. The van der Waals surface area contributed by atoms with Gasteiger partial charge in [-0.3, -0.25) is 9.59 Å². The summed E-state index contributed by atoms with van der Waals surface area (Å²) in [4.78, 5) is 23.2. The molecule has 0 saturated carbocycles. The molecule has 0 spiro atoms. The van der Waals surface area contributed by atoms with Gasteiger partial charge < -0.3 is 16.4 Å². The molecule has 4 N–H and O–H groups in total. The molecule has 0 aliphatic carbocycles. The molecular weight excluding hydrogens is 275 g/mol. The molecule has 0 unspecified atom stereocenters. The summed E-state index contributed by atoms with van der Waals surface area (Å²) in [5, 5.41) is 13.6. The fraction of sp³-hybridized carbons (Fsp3) is 0.357. The summed E-state index contributed by atoms with van der Waals surface area (Å²) < 4.78 is 13.1. The minimum Gasteiger partial charge on any atom is -0.346 e. The van der Waals surface area contributed by atoms with E-state index in [4.69, 9.17) is 11.0 Å². The van der Waals surface area contributed by atoms with Crippen LogP contribution in [0, 0.1) is 23.1 Å². The molecule has 0 aliphatic rings. The minimum atomic E-state index is -0.686. The van der Waals surface area contributed by atoms with E-state index in [1.165, 1.54) is 12.1 Å². The molecule has 0 radical (unpaired) electrons. The van der Waals surface area contributed by atoms with Gasteiger partial charge in [0.05, 0.1) is 18.2 Å². The molecule has 0 aromatic heterocycles. The zero-order valence-electron chi connectivity index (χ0n) is 11.8. The van der Waals surface area contributed by atoms with Gasteiger partial charge in [0.25, 0.3) is 0 Å². The van der Waals surface area contributed by atoms with Crippen molar-refractivity contribution >= 4 is 17.5 Å². The van der Waals surface area contributed by atoms with E-state index in [-0.39, 0.29) is 23.7 Å². The van der Waals surface area contributed by atoms with E-state index in [2.05, 4.69) is 10.6 Å². The summed E-state index contributed by atoms with van der Waals surface area (Å²) in [5.74, 6) is -1.61. The SMILES string of the molecule is CC(C)[C@H](N)C(=O)NCC(=O)Nc1ccc(F)c(C#N)c1. The number of halogens is 1. The van der Waals surface area contributed by atoms with Gasteiger partial charge in [-0.2, -0.15) is 5.26 Å². The Kier molecular flexibility index (Phi) is 5.81. The summed E-state index contributed by atoms with van der Waals surface area (Å²) >= 11 is 0. The third-order valence-electron chi connectivity index (χ3n) is 2.81. The molecule has 0 saturated heterocycles. The van der Waals surface area contributed by atoms with Gasteiger partial charge >= 0.3 is 0 Å². The summed E-state index contributed by atoms with van der Waals surface area (Å²) in [7, 11) is 0. The van der Waals surface area contributed by atoms with E-state index in [1.54, 1.807) is 19.9 Å². The second kappa shape index (κ2) is 7.36. The van der Waals surface area contributed by atoms with Crippen molar-refractivity contribution < 1.29 is 14.0 Å². The van der Waals surface area contributed by atoms with Crippen molar-refractivity contribution in [2.75, 3.05) is 11.9 Å².